The van der Waals surface area contributed by atoms with Crippen molar-refractivity contribution >= 4 is 17.2 Å². The molecule has 2 atom stereocenters. The third-order valence-corrected chi connectivity index (χ3v) is 2.56. The van der Waals surface area contributed by atoms with Crippen molar-refractivity contribution in [2.45, 2.75) is 26.4 Å². The van der Waals surface area contributed by atoms with Crippen LogP contribution in [-0.2, 0) is 0 Å². The van der Waals surface area contributed by atoms with Crippen LogP contribution in [0.15, 0.2) is 0 Å². The van der Waals surface area contributed by atoms with Crippen molar-refractivity contribution in [3.8, 4) is 0 Å². The molecule has 0 aliphatic carbocycles. The fraction of sp³-hybridized carbons (Fsp3) is 0.875. The molecular weight excluding hydrogens is 158 g/mol. The lowest BCUT2D eigenvalue weighted by Gasteiger charge is -2.23. The van der Waals surface area contributed by atoms with Gasteiger partial charge in [0.05, 0.1) is 11.1 Å². The molecule has 0 aromatic carbocycles. The highest BCUT2D eigenvalue weighted by Crippen LogP contribution is 2.10. The van der Waals surface area contributed by atoms with Gasteiger partial charge in [-0.15, -0.1) is 0 Å². The molecule has 66 valence electrons. The monoisotopic (exact) mass is 175 g/mol. The van der Waals surface area contributed by atoms with Crippen LogP contribution in [0.4, 0.5) is 0 Å². The lowest BCUT2D eigenvalue weighted by Crippen LogP contribution is -2.33. The van der Waals surface area contributed by atoms with Crippen LogP contribution in [0.3, 0.4) is 0 Å². The fourth-order valence-corrected chi connectivity index (χ4v) is 1.08. The molecule has 2 nitrogen and oxygen atoms in total. The summed E-state index contributed by atoms with van der Waals surface area (Å²) in [5.74, 6) is 0.0880. The van der Waals surface area contributed by atoms with Crippen LogP contribution in [0.2, 0.25) is 0 Å². The summed E-state index contributed by atoms with van der Waals surface area (Å²) in [7, 11) is 3.81. The van der Waals surface area contributed by atoms with Gasteiger partial charge in [-0.3, -0.25) is 0 Å². The van der Waals surface area contributed by atoms with E-state index in [0.717, 1.165) is 11.4 Å². The number of rotatable bonds is 3. The van der Waals surface area contributed by atoms with Gasteiger partial charge in [0, 0.05) is 20.0 Å². The molecule has 0 aromatic rings. The van der Waals surface area contributed by atoms with Crippen molar-refractivity contribution in [3.05, 3.63) is 0 Å². The van der Waals surface area contributed by atoms with E-state index in [1.807, 2.05) is 32.8 Å². The average molecular weight is 175 g/mol. The Kier molecular flexibility index (Phi) is 4.61. The number of thiocarbonyl (C=S) groups is 1. The Labute approximate surface area is 74.2 Å². The molecule has 1 N–H and O–H groups in total. The average Bonchev–Trinajstić information content (AvgIpc) is 2.00. The molecule has 0 rings (SSSR count). The van der Waals surface area contributed by atoms with E-state index in [2.05, 4.69) is 0 Å². The van der Waals surface area contributed by atoms with E-state index >= 15 is 0 Å². The molecule has 0 spiro atoms. The minimum Gasteiger partial charge on any atom is -0.392 e. The van der Waals surface area contributed by atoms with E-state index in [4.69, 9.17) is 12.2 Å². The standard InChI is InChI=1S/C8H17NOS/c1-5-7(10)6(2)8(11)9(3)4/h6-7,10H,5H2,1-4H3/t6-,7+/m0/s1. The van der Waals surface area contributed by atoms with Gasteiger partial charge in [-0.05, 0) is 6.42 Å². The van der Waals surface area contributed by atoms with Crippen molar-refractivity contribution in [3.63, 3.8) is 0 Å². The van der Waals surface area contributed by atoms with Gasteiger partial charge in [-0.2, -0.15) is 0 Å². The summed E-state index contributed by atoms with van der Waals surface area (Å²) in [4.78, 5) is 2.69. The Balaban J connectivity index is 4.02. The van der Waals surface area contributed by atoms with E-state index in [1.54, 1.807) is 0 Å². The summed E-state index contributed by atoms with van der Waals surface area (Å²) in [6, 6.07) is 0. The van der Waals surface area contributed by atoms with Crippen LogP contribution in [-0.4, -0.2) is 35.2 Å². The van der Waals surface area contributed by atoms with Crippen molar-refractivity contribution in [1.29, 1.82) is 0 Å². The van der Waals surface area contributed by atoms with Crippen LogP contribution < -0.4 is 0 Å². The first-order valence-electron chi connectivity index (χ1n) is 3.90. The molecule has 0 saturated heterocycles. The van der Waals surface area contributed by atoms with Gasteiger partial charge in [0.15, 0.2) is 0 Å². The van der Waals surface area contributed by atoms with Crippen molar-refractivity contribution < 1.29 is 5.11 Å². The summed E-state index contributed by atoms with van der Waals surface area (Å²) in [5, 5.41) is 9.43. The first-order chi connectivity index (χ1) is 5.00. The summed E-state index contributed by atoms with van der Waals surface area (Å²) >= 11 is 5.11. The van der Waals surface area contributed by atoms with Gasteiger partial charge in [0.1, 0.15) is 0 Å². The van der Waals surface area contributed by atoms with Gasteiger partial charge in [-0.25, -0.2) is 0 Å². The highest BCUT2D eigenvalue weighted by molar-refractivity contribution is 7.80. The van der Waals surface area contributed by atoms with Crippen LogP contribution >= 0.6 is 12.2 Å². The zero-order chi connectivity index (χ0) is 9.02. The first-order valence-corrected chi connectivity index (χ1v) is 4.30. The van der Waals surface area contributed by atoms with E-state index in [0.29, 0.717) is 0 Å². The van der Waals surface area contributed by atoms with E-state index in [-0.39, 0.29) is 12.0 Å². The third-order valence-electron chi connectivity index (χ3n) is 1.83. The lowest BCUT2D eigenvalue weighted by atomic mass is 10.0. The predicted molar refractivity (Wildman–Crippen MR) is 51.7 cm³/mol. The van der Waals surface area contributed by atoms with E-state index < -0.39 is 0 Å². The number of nitrogens with zero attached hydrogens (tertiary/aromatic N) is 1. The molecule has 0 bridgehead atoms. The summed E-state index contributed by atoms with van der Waals surface area (Å²) < 4.78 is 0. The second-order valence-electron chi connectivity index (χ2n) is 3.00. The second-order valence-corrected chi connectivity index (χ2v) is 3.42. The summed E-state index contributed by atoms with van der Waals surface area (Å²) in [5.41, 5.74) is 0. The van der Waals surface area contributed by atoms with Gasteiger partial charge >= 0.3 is 0 Å². The molecule has 0 aliphatic rings. The van der Waals surface area contributed by atoms with Crippen molar-refractivity contribution in [2.75, 3.05) is 14.1 Å². The van der Waals surface area contributed by atoms with Crippen LogP contribution in [0.5, 0.6) is 0 Å². The molecule has 0 aromatic heterocycles. The Morgan fingerprint density at radius 3 is 2.27 bits per heavy atom. The zero-order valence-corrected chi connectivity index (χ0v) is 8.48. The molecule has 0 aliphatic heterocycles. The quantitative estimate of drug-likeness (QED) is 0.654. The minimum absolute atomic E-state index is 0.0880. The summed E-state index contributed by atoms with van der Waals surface area (Å²) in [6.45, 7) is 3.91. The maximum absolute atomic E-state index is 9.43. The molecule has 0 saturated carbocycles. The van der Waals surface area contributed by atoms with Crippen molar-refractivity contribution in [2.24, 2.45) is 5.92 Å². The number of aliphatic hydroxyl groups excluding tert-OH is 1. The highest BCUT2D eigenvalue weighted by atomic mass is 32.1. The first kappa shape index (κ1) is 10.8. The van der Waals surface area contributed by atoms with Crippen molar-refractivity contribution in [1.82, 2.24) is 4.90 Å². The molecule has 0 fully saturated rings. The SMILES string of the molecule is CC[C@@H](O)[C@H](C)C(=S)N(C)C. The number of aliphatic hydroxyl groups is 1. The molecule has 0 amide bonds. The zero-order valence-electron chi connectivity index (χ0n) is 7.66. The highest BCUT2D eigenvalue weighted by Gasteiger charge is 2.17. The number of hydrogen-bond acceptors (Lipinski definition) is 2. The Morgan fingerprint density at radius 1 is 1.55 bits per heavy atom. The molecule has 0 unspecified atom stereocenters. The fourth-order valence-electron chi connectivity index (χ4n) is 0.925. The van der Waals surface area contributed by atoms with Crippen LogP contribution in [0, 0.1) is 5.92 Å². The lowest BCUT2D eigenvalue weighted by molar-refractivity contribution is 0.138. The van der Waals surface area contributed by atoms with Gasteiger partial charge in [0.2, 0.25) is 0 Å². The normalized spacial score (nSPS) is 15.7. The van der Waals surface area contributed by atoms with Crippen LogP contribution in [0.25, 0.3) is 0 Å². The molecule has 0 heterocycles. The maximum atomic E-state index is 9.43. The minimum atomic E-state index is -0.301. The maximum Gasteiger partial charge on any atom is 0.0828 e. The molecule has 0 radical (unpaired) electrons. The summed E-state index contributed by atoms with van der Waals surface area (Å²) in [6.07, 6.45) is 0.458. The topological polar surface area (TPSA) is 23.5 Å². The third kappa shape index (κ3) is 3.16. The van der Waals surface area contributed by atoms with Crippen LogP contribution in [0.1, 0.15) is 20.3 Å². The largest absolute Gasteiger partial charge is 0.392 e. The van der Waals surface area contributed by atoms with E-state index in [9.17, 15) is 5.11 Å². The van der Waals surface area contributed by atoms with E-state index in [1.165, 1.54) is 0 Å². The van der Waals surface area contributed by atoms with Gasteiger partial charge in [0.25, 0.3) is 0 Å². The predicted octanol–water partition coefficient (Wildman–Crippen LogP) is 1.28. The Hall–Kier alpha value is -0.150. The molecule has 3 heteroatoms. The Bertz CT molecular complexity index is 136. The van der Waals surface area contributed by atoms with Gasteiger partial charge < -0.3 is 10.0 Å². The molecular formula is C8H17NOS. The smallest absolute Gasteiger partial charge is 0.0828 e. The van der Waals surface area contributed by atoms with Gasteiger partial charge in [-0.1, -0.05) is 26.1 Å². The Morgan fingerprint density at radius 2 is 2.00 bits per heavy atom. The number of hydrogen-bond donors (Lipinski definition) is 1. The second kappa shape index (κ2) is 4.67. The molecule has 11 heavy (non-hydrogen) atoms.